The minimum absolute atomic E-state index is 0.497. The summed E-state index contributed by atoms with van der Waals surface area (Å²) in [4.78, 5) is 0. The third-order valence-corrected chi connectivity index (χ3v) is 2.56. The monoisotopic (exact) mass is 343 g/mol. The first-order valence-electron chi connectivity index (χ1n) is 6.61. The van der Waals surface area contributed by atoms with Gasteiger partial charge in [0.1, 0.15) is 11.5 Å². The van der Waals surface area contributed by atoms with E-state index in [1.54, 1.807) is 12.1 Å². The molecule has 0 fully saturated rings. The minimum Gasteiger partial charge on any atom is -0.455 e. The Balaban J connectivity index is 0.000000816. The molecule has 1 aromatic heterocycles. The molecule has 0 aliphatic carbocycles. The zero-order chi connectivity index (χ0) is 17.3. The fraction of sp³-hybridized carbons (Fsp3) is 0.200. The van der Waals surface area contributed by atoms with Gasteiger partial charge in [-0.15, -0.1) is 0 Å². The number of furan rings is 1. The molecule has 124 valence electrons. The van der Waals surface area contributed by atoms with E-state index in [0.717, 1.165) is 17.6 Å². The summed E-state index contributed by atoms with van der Waals surface area (Å²) in [5, 5.41) is 3.90. The molecule has 4 nitrogen and oxygen atoms in total. The molecule has 2 rings (SSSR count). The number of thiocarbonyl (C=S) groups is 1. The molecule has 1 heterocycles. The zero-order valence-corrected chi connectivity index (χ0v) is 13.1. The lowest BCUT2D eigenvalue weighted by atomic mass is 10.1. The van der Waals surface area contributed by atoms with Gasteiger partial charge in [0.2, 0.25) is 0 Å². The van der Waals surface area contributed by atoms with Gasteiger partial charge in [-0.25, -0.2) is 0 Å². The van der Waals surface area contributed by atoms with Crippen LogP contribution in [0.15, 0.2) is 45.9 Å². The maximum Gasteiger partial charge on any atom is 0.416 e. The fourth-order valence-corrected chi connectivity index (χ4v) is 1.60. The Kier molecular flexibility index (Phi) is 7.27. The van der Waals surface area contributed by atoms with Crippen LogP contribution >= 0.6 is 12.2 Å². The molecule has 0 radical (unpaired) electrons. The molecule has 0 saturated carbocycles. The summed E-state index contributed by atoms with van der Waals surface area (Å²) < 4.78 is 42.8. The van der Waals surface area contributed by atoms with E-state index in [-0.39, 0.29) is 0 Å². The molecule has 1 aromatic carbocycles. The van der Waals surface area contributed by atoms with Crippen LogP contribution in [-0.2, 0) is 6.18 Å². The van der Waals surface area contributed by atoms with Crippen LogP contribution in [0.4, 0.5) is 13.2 Å². The molecule has 0 atom stereocenters. The first kappa shape index (κ1) is 18.7. The lowest BCUT2D eigenvalue weighted by Gasteiger charge is -2.06. The quantitative estimate of drug-likeness (QED) is 0.503. The van der Waals surface area contributed by atoms with E-state index in [0.29, 0.717) is 23.6 Å². The SMILES string of the molecule is CCN/N=C/c1ccc(-c2ccc(C(F)(F)F)cc2)o1.NC=S. The summed E-state index contributed by atoms with van der Waals surface area (Å²) in [7, 11) is 0. The minimum atomic E-state index is -4.33. The van der Waals surface area contributed by atoms with Crippen LogP contribution in [0, 0.1) is 0 Å². The van der Waals surface area contributed by atoms with Crippen molar-refractivity contribution in [3.8, 4) is 11.3 Å². The highest BCUT2D eigenvalue weighted by atomic mass is 32.1. The van der Waals surface area contributed by atoms with E-state index < -0.39 is 11.7 Å². The van der Waals surface area contributed by atoms with Crippen LogP contribution in [0.5, 0.6) is 0 Å². The maximum absolute atomic E-state index is 12.5. The summed E-state index contributed by atoms with van der Waals surface area (Å²) in [6, 6.07) is 8.22. The highest BCUT2D eigenvalue weighted by Crippen LogP contribution is 2.31. The van der Waals surface area contributed by atoms with Gasteiger partial charge in [-0.2, -0.15) is 18.3 Å². The first-order valence-corrected chi connectivity index (χ1v) is 7.08. The number of nitrogens with one attached hydrogen (secondary N) is 1. The van der Waals surface area contributed by atoms with Gasteiger partial charge in [-0.05, 0) is 31.2 Å². The predicted octanol–water partition coefficient (Wildman–Crippen LogP) is 3.81. The van der Waals surface area contributed by atoms with Crippen molar-refractivity contribution >= 4 is 23.9 Å². The molecule has 0 aliphatic heterocycles. The number of rotatable bonds is 4. The average molecular weight is 343 g/mol. The van der Waals surface area contributed by atoms with Crippen LogP contribution in [0.1, 0.15) is 18.2 Å². The second-order valence-electron chi connectivity index (χ2n) is 4.18. The van der Waals surface area contributed by atoms with Gasteiger partial charge in [0.05, 0.1) is 17.3 Å². The van der Waals surface area contributed by atoms with Gasteiger partial charge in [-0.3, -0.25) is 0 Å². The second kappa shape index (κ2) is 8.94. The number of hydrogen-bond acceptors (Lipinski definition) is 4. The van der Waals surface area contributed by atoms with Crippen molar-refractivity contribution in [3.63, 3.8) is 0 Å². The van der Waals surface area contributed by atoms with Crippen LogP contribution in [0.2, 0.25) is 0 Å². The van der Waals surface area contributed by atoms with Crippen molar-refractivity contribution in [1.82, 2.24) is 5.43 Å². The molecule has 0 bridgehead atoms. The molecule has 0 aliphatic rings. The lowest BCUT2D eigenvalue weighted by molar-refractivity contribution is -0.137. The molecule has 8 heteroatoms. The van der Waals surface area contributed by atoms with Crippen molar-refractivity contribution in [2.45, 2.75) is 13.1 Å². The van der Waals surface area contributed by atoms with Crippen LogP contribution in [-0.4, -0.2) is 18.3 Å². The first-order chi connectivity index (χ1) is 10.9. The van der Waals surface area contributed by atoms with Gasteiger partial charge >= 0.3 is 6.18 Å². The number of nitrogens with two attached hydrogens (primary N) is 1. The number of benzene rings is 1. The number of alkyl halides is 3. The number of hydrazone groups is 1. The molecule has 3 N–H and O–H groups in total. The lowest BCUT2D eigenvalue weighted by Crippen LogP contribution is -2.03. The molecule has 0 spiro atoms. The van der Waals surface area contributed by atoms with Gasteiger partial charge < -0.3 is 15.6 Å². The van der Waals surface area contributed by atoms with Crippen LogP contribution < -0.4 is 11.2 Å². The molecule has 0 amide bonds. The third kappa shape index (κ3) is 6.11. The van der Waals surface area contributed by atoms with E-state index in [1.807, 2.05) is 6.92 Å². The van der Waals surface area contributed by atoms with E-state index in [9.17, 15) is 13.2 Å². The Labute approximate surface area is 137 Å². The van der Waals surface area contributed by atoms with E-state index in [2.05, 4.69) is 28.5 Å². The number of hydrogen-bond donors (Lipinski definition) is 2. The van der Waals surface area contributed by atoms with Crippen molar-refractivity contribution in [2.75, 3.05) is 6.54 Å². The smallest absolute Gasteiger partial charge is 0.416 e. The van der Waals surface area contributed by atoms with Gasteiger partial charge in [0.15, 0.2) is 0 Å². The molecular weight excluding hydrogens is 327 g/mol. The summed E-state index contributed by atoms with van der Waals surface area (Å²) in [5.74, 6) is 1.03. The Morgan fingerprint density at radius 3 is 2.35 bits per heavy atom. The van der Waals surface area contributed by atoms with Crippen molar-refractivity contribution in [2.24, 2.45) is 10.8 Å². The average Bonchev–Trinajstić information content (AvgIpc) is 2.96. The van der Waals surface area contributed by atoms with Crippen LogP contribution in [0.25, 0.3) is 11.3 Å². The van der Waals surface area contributed by atoms with E-state index >= 15 is 0 Å². The Bertz CT molecular complexity index is 636. The standard InChI is InChI=1S/C14H13F3N2O.CH3NS/c1-2-18-19-9-12-7-8-13(20-12)10-3-5-11(6-4-10)14(15,16)17;2-1-3/h3-9,18H,2H2,1H3;1H,(H2,2,3)/b19-9+;. The third-order valence-electron chi connectivity index (χ3n) is 2.56. The van der Waals surface area contributed by atoms with Gasteiger partial charge in [0.25, 0.3) is 0 Å². The molecular formula is C15H16F3N3OS. The summed E-state index contributed by atoms with van der Waals surface area (Å²) in [6.07, 6.45) is -2.82. The Morgan fingerprint density at radius 1 is 1.22 bits per heavy atom. The van der Waals surface area contributed by atoms with Crippen molar-refractivity contribution in [3.05, 3.63) is 47.7 Å². The van der Waals surface area contributed by atoms with Crippen molar-refractivity contribution in [1.29, 1.82) is 0 Å². The summed E-state index contributed by atoms with van der Waals surface area (Å²) in [5.41, 5.74) is 8.28. The van der Waals surface area contributed by atoms with Crippen molar-refractivity contribution < 1.29 is 17.6 Å². The highest BCUT2D eigenvalue weighted by Gasteiger charge is 2.30. The molecule has 0 saturated heterocycles. The van der Waals surface area contributed by atoms with E-state index in [4.69, 9.17) is 4.42 Å². The molecule has 23 heavy (non-hydrogen) atoms. The van der Waals surface area contributed by atoms with Crippen LogP contribution in [0.3, 0.4) is 0 Å². The zero-order valence-electron chi connectivity index (χ0n) is 12.3. The molecule has 0 unspecified atom stereocenters. The van der Waals surface area contributed by atoms with Gasteiger partial charge in [0, 0.05) is 12.1 Å². The summed E-state index contributed by atoms with van der Waals surface area (Å²) in [6.45, 7) is 2.61. The predicted molar refractivity (Wildman–Crippen MR) is 88.3 cm³/mol. The summed E-state index contributed by atoms with van der Waals surface area (Å²) >= 11 is 4.05. The fourth-order valence-electron chi connectivity index (χ4n) is 1.60. The second-order valence-corrected chi connectivity index (χ2v) is 4.46. The Hall–Kier alpha value is -2.35. The number of halogens is 3. The Morgan fingerprint density at radius 2 is 1.83 bits per heavy atom. The topological polar surface area (TPSA) is 63.5 Å². The highest BCUT2D eigenvalue weighted by molar-refractivity contribution is 7.78. The number of nitrogens with zero attached hydrogens (tertiary/aromatic N) is 1. The normalized spacial score (nSPS) is 11.0. The molecule has 2 aromatic rings. The maximum atomic E-state index is 12.5. The van der Waals surface area contributed by atoms with E-state index in [1.165, 1.54) is 18.3 Å². The van der Waals surface area contributed by atoms with Gasteiger partial charge in [-0.1, -0.05) is 24.4 Å². The largest absolute Gasteiger partial charge is 0.455 e.